The summed E-state index contributed by atoms with van der Waals surface area (Å²) >= 11 is 0. The topological polar surface area (TPSA) is 114 Å². The average Bonchev–Trinajstić information content (AvgIpc) is 2.74. The van der Waals surface area contributed by atoms with E-state index in [0.29, 0.717) is 12.0 Å². The molecule has 0 aliphatic heterocycles. The van der Waals surface area contributed by atoms with Crippen LogP contribution in [-0.4, -0.2) is 60.1 Å². The summed E-state index contributed by atoms with van der Waals surface area (Å²) in [5, 5.41) is 5.06. The molecule has 0 aliphatic carbocycles. The summed E-state index contributed by atoms with van der Waals surface area (Å²) in [6.07, 6.45) is -0.190. The summed E-state index contributed by atoms with van der Waals surface area (Å²) in [6, 6.07) is 4.49. The fraction of sp³-hybridized carbons (Fsp3) is 0.600. The number of benzene rings is 1. The average molecular weight is 478 g/mol. The van der Waals surface area contributed by atoms with Crippen LogP contribution in [0.4, 0.5) is 4.79 Å². The van der Waals surface area contributed by atoms with E-state index in [0.717, 1.165) is 11.1 Å². The number of carbonyl (C=O) groups is 4. The lowest BCUT2D eigenvalue weighted by molar-refractivity contribution is -0.148. The first-order chi connectivity index (χ1) is 15.6. The molecule has 190 valence electrons. The quantitative estimate of drug-likeness (QED) is 0.528. The van der Waals surface area contributed by atoms with Gasteiger partial charge in [0.05, 0.1) is 7.11 Å². The van der Waals surface area contributed by atoms with E-state index in [1.807, 2.05) is 46.8 Å². The van der Waals surface area contributed by atoms with Crippen LogP contribution < -0.4 is 10.6 Å². The van der Waals surface area contributed by atoms with E-state index >= 15 is 0 Å². The third kappa shape index (κ3) is 8.35. The van der Waals surface area contributed by atoms with Gasteiger partial charge in [-0.05, 0) is 71.6 Å². The van der Waals surface area contributed by atoms with Crippen LogP contribution in [-0.2, 0) is 23.9 Å². The van der Waals surface area contributed by atoms with Crippen LogP contribution in [0.15, 0.2) is 18.2 Å². The van der Waals surface area contributed by atoms with E-state index in [1.54, 1.807) is 26.8 Å². The number of hydrogen-bond acceptors (Lipinski definition) is 6. The Kier molecular flexibility index (Phi) is 10.1. The van der Waals surface area contributed by atoms with Crippen molar-refractivity contribution in [3.05, 3.63) is 34.9 Å². The van der Waals surface area contributed by atoms with Gasteiger partial charge in [-0.3, -0.25) is 14.4 Å². The molecule has 1 atom stereocenters. The maximum absolute atomic E-state index is 13.5. The standard InChI is InChI=1S/C25H39N3O6/c1-10-25(7,8)28(19(29)14-27-23(32)34-24(4,5)6)21(22(31)26-15-20(30)33-9)18-12-11-16(2)17(3)13-18/h11-13,21H,10,14-15H2,1-9H3,(H,26,31)(H,27,32). The molecule has 9 nitrogen and oxygen atoms in total. The molecule has 0 saturated heterocycles. The second-order valence-corrected chi connectivity index (χ2v) is 9.83. The first-order valence-electron chi connectivity index (χ1n) is 11.3. The van der Waals surface area contributed by atoms with Crippen molar-refractivity contribution in [2.24, 2.45) is 0 Å². The van der Waals surface area contributed by atoms with Gasteiger partial charge in [-0.2, -0.15) is 0 Å². The fourth-order valence-electron chi connectivity index (χ4n) is 3.23. The van der Waals surface area contributed by atoms with E-state index in [2.05, 4.69) is 15.4 Å². The largest absolute Gasteiger partial charge is 0.468 e. The molecule has 0 heterocycles. The van der Waals surface area contributed by atoms with Gasteiger partial charge in [0.1, 0.15) is 24.7 Å². The zero-order valence-electron chi connectivity index (χ0n) is 21.8. The zero-order valence-corrected chi connectivity index (χ0v) is 21.8. The summed E-state index contributed by atoms with van der Waals surface area (Å²) in [7, 11) is 1.23. The second kappa shape index (κ2) is 11.9. The molecule has 0 bridgehead atoms. The van der Waals surface area contributed by atoms with Gasteiger partial charge < -0.3 is 25.0 Å². The highest BCUT2D eigenvalue weighted by Crippen LogP contribution is 2.32. The normalized spacial score (nSPS) is 12.4. The van der Waals surface area contributed by atoms with Gasteiger partial charge in [-0.25, -0.2) is 4.79 Å². The first kappa shape index (κ1) is 28.9. The molecular weight excluding hydrogens is 438 g/mol. The van der Waals surface area contributed by atoms with Crippen molar-refractivity contribution < 1.29 is 28.7 Å². The molecule has 1 aromatic rings. The molecule has 3 amide bonds. The molecule has 2 N–H and O–H groups in total. The van der Waals surface area contributed by atoms with Crippen molar-refractivity contribution in [3.8, 4) is 0 Å². The summed E-state index contributed by atoms with van der Waals surface area (Å²) in [5.41, 5.74) is 1.12. The van der Waals surface area contributed by atoms with E-state index < -0.39 is 41.1 Å². The minimum atomic E-state index is -1.04. The lowest BCUT2D eigenvalue weighted by Crippen LogP contribution is -2.56. The second-order valence-electron chi connectivity index (χ2n) is 9.83. The van der Waals surface area contributed by atoms with Crippen molar-refractivity contribution >= 4 is 23.9 Å². The van der Waals surface area contributed by atoms with Crippen molar-refractivity contribution in [2.45, 2.75) is 79.0 Å². The van der Waals surface area contributed by atoms with Gasteiger partial charge >= 0.3 is 12.1 Å². The van der Waals surface area contributed by atoms with E-state index in [9.17, 15) is 19.2 Å². The SMILES string of the molecule is CCC(C)(C)N(C(=O)CNC(=O)OC(C)(C)C)C(C(=O)NCC(=O)OC)c1ccc(C)c(C)c1. The van der Waals surface area contributed by atoms with E-state index in [-0.39, 0.29) is 13.1 Å². The van der Waals surface area contributed by atoms with Crippen LogP contribution in [0.25, 0.3) is 0 Å². The highest BCUT2D eigenvalue weighted by molar-refractivity contribution is 5.92. The van der Waals surface area contributed by atoms with Crippen molar-refractivity contribution in [1.29, 1.82) is 0 Å². The Morgan fingerprint density at radius 2 is 1.59 bits per heavy atom. The molecule has 0 radical (unpaired) electrons. The summed E-state index contributed by atoms with van der Waals surface area (Å²) in [4.78, 5) is 52.1. The molecule has 9 heteroatoms. The van der Waals surface area contributed by atoms with Crippen molar-refractivity contribution in [2.75, 3.05) is 20.2 Å². The molecule has 0 aliphatic rings. The van der Waals surface area contributed by atoms with Crippen LogP contribution in [0.1, 0.15) is 70.7 Å². The number of rotatable bonds is 9. The fourth-order valence-corrected chi connectivity index (χ4v) is 3.23. The van der Waals surface area contributed by atoms with Crippen LogP contribution in [0.3, 0.4) is 0 Å². The lowest BCUT2D eigenvalue weighted by atomic mass is 9.91. The Morgan fingerprint density at radius 1 is 0.971 bits per heavy atom. The maximum Gasteiger partial charge on any atom is 0.408 e. The smallest absolute Gasteiger partial charge is 0.408 e. The highest BCUT2D eigenvalue weighted by atomic mass is 16.6. The van der Waals surface area contributed by atoms with Crippen molar-refractivity contribution in [1.82, 2.24) is 15.5 Å². The Morgan fingerprint density at radius 3 is 2.09 bits per heavy atom. The van der Waals surface area contributed by atoms with Gasteiger partial charge in [0, 0.05) is 5.54 Å². The molecule has 0 saturated carbocycles. The van der Waals surface area contributed by atoms with E-state index in [4.69, 9.17) is 4.74 Å². The molecule has 1 aromatic carbocycles. The molecule has 0 aromatic heterocycles. The number of aryl methyl sites for hydroxylation is 2. The van der Waals surface area contributed by atoms with E-state index in [1.165, 1.54) is 12.0 Å². The van der Waals surface area contributed by atoms with Gasteiger partial charge in [-0.1, -0.05) is 25.1 Å². The maximum atomic E-state index is 13.5. The number of hydrogen-bond donors (Lipinski definition) is 2. The number of amides is 3. The molecular formula is C25H39N3O6. The van der Waals surface area contributed by atoms with Crippen LogP contribution in [0.2, 0.25) is 0 Å². The summed E-state index contributed by atoms with van der Waals surface area (Å²) in [5.74, 6) is -1.60. The monoisotopic (exact) mass is 477 g/mol. The van der Waals surface area contributed by atoms with Gasteiger partial charge in [0.2, 0.25) is 11.8 Å². The molecule has 1 unspecified atom stereocenters. The first-order valence-corrected chi connectivity index (χ1v) is 11.3. The van der Waals surface area contributed by atoms with Gasteiger partial charge in [0.25, 0.3) is 0 Å². The molecule has 34 heavy (non-hydrogen) atoms. The molecule has 0 fully saturated rings. The minimum Gasteiger partial charge on any atom is -0.468 e. The summed E-state index contributed by atoms with van der Waals surface area (Å²) < 4.78 is 9.85. The molecule has 1 rings (SSSR count). The van der Waals surface area contributed by atoms with Gasteiger partial charge in [-0.15, -0.1) is 0 Å². The third-order valence-corrected chi connectivity index (χ3v) is 5.56. The number of alkyl carbamates (subject to hydrolysis) is 1. The van der Waals surface area contributed by atoms with Gasteiger partial charge in [0.15, 0.2) is 0 Å². The van der Waals surface area contributed by atoms with Crippen LogP contribution in [0.5, 0.6) is 0 Å². The predicted octanol–water partition coefficient (Wildman–Crippen LogP) is 3.18. The number of esters is 1. The third-order valence-electron chi connectivity index (χ3n) is 5.56. The molecule has 0 spiro atoms. The Hall–Kier alpha value is -3.10. The number of methoxy groups -OCH3 is 1. The number of nitrogens with zero attached hydrogens (tertiary/aromatic N) is 1. The van der Waals surface area contributed by atoms with Crippen LogP contribution >= 0.6 is 0 Å². The number of ether oxygens (including phenoxy) is 2. The van der Waals surface area contributed by atoms with Crippen LogP contribution in [0, 0.1) is 13.8 Å². The summed E-state index contributed by atoms with van der Waals surface area (Å²) in [6.45, 7) is 14.0. The Labute approximate surface area is 202 Å². The Balaban J connectivity index is 3.40. The highest BCUT2D eigenvalue weighted by Gasteiger charge is 2.40. The number of carbonyl (C=O) groups excluding carboxylic acids is 4. The lowest BCUT2D eigenvalue weighted by Gasteiger charge is -2.43. The predicted molar refractivity (Wildman–Crippen MR) is 129 cm³/mol. The minimum absolute atomic E-state index is 0.332. The van der Waals surface area contributed by atoms with Crippen molar-refractivity contribution in [3.63, 3.8) is 0 Å². The zero-order chi connectivity index (χ0) is 26.3. The number of nitrogens with one attached hydrogen (secondary N) is 2. The Bertz CT molecular complexity index is 904.